The van der Waals surface area contributed by atoms with Gasteiger partial charge in [-0.05, 0) is 18.2 Å². The lowest BCUT2D eigenvalue weighted by molar-refractivity contribution is -0.113. The molecule has 0 spiro atoms. The van der Waals surface area contributed by atoms with Crippen molar-refractivity contribution in [3.8, 4) is 0 Å². The summed E-state index contributed by atoms with van der Waals surface area (Å²) in [6.07, 6.45) is 0. The summed E-state index contributed by atoms with van der Waals surface area (Å²) >= 11 is 5.83. The van der Waals surface area contributed by atoms with Crippen LogP contribution in [0.1, 0.15) is 6.92 Å². The highest BCUT2D eigenvalue weighted by Crippen LogP contribution is 2.23. The number of hydrogen-bond donors (Lipinski definition) is 2. The normalized spacial score (nSPS) is 11.2. The first kappa shape index (κ1) is 13.8. The molecule has 7 heteroatoms. The number of carbonyl (C=O) groups excluding carboxylic acids is 1. The molecule has 94 valence electrons. The Labute approximate surface area is 105 Å². The number of anilines is 2. The quantitative estimate of drug-likeness (QED) is 0.811. The molecule has 1 rings (SSSR count). The van der Waals surface area contributed by atoms with Gasteiger partial charge in [0.15, 0.2) is 9.84 Å². The van der Waals surface area contributed by atoms with Gasteiger partial charge >= 0.3 is 0 Å². The molecule has 17 heavy (non-hydrogen) atoms. The second-order valence-corrected chi connectivity index (χ2v) is 6.22. The zero-order valence-corrected chi connectivity index (χ0v) is 10.8. The number of nitrogens with one attached hydrogen (secondary N) is 1. The second-order valence-electron chi connectivity index (χ2n) is 3.46. The molecule has 0 aliphatic heterocycles. The smallest absolute Gasteiger partial charge is 0.239 e. The Morgan fingerprint density at radius 3 is 2.71 bits per heavy atom. The molecule has 0 heterocycles. The molecule has 1 aromatic rings. The predicted octanol–water partition coefficient (Wildman–Crippen LogP) is 1.30. The van der Waals surface area contributed by atoms with Gasteiger partial charge in [-0.2, -0.15) is 0 Å². The average Bonchev–Trinajstić information content (AvgIpc) is 2.23. The molecule has 0 fully saturated rings. The molecular weight excluding hydrogens is 264 g/mol. The Morgan fingerprint density at radius 1 is 1.47 bits per heavy atom. The summed E-state index contributed by atoms with van der Waals surface area (Å²) < 4.78 is 22.5. The van der Waals surface area contributed by atoms with Crippen molar-refractivity contribution in [2.24, 2.45) is 0 Å². The van der Waals surface area contributed by atoms with Gasteiger partial charge in [-0.1, -0.05) is 18.5 Å². The van der Waals surface area contributed by atoms with Crippen LogP contribution in [0.2, 0.25) is 5.02 Å². The molecule has 3 N–H and O–H groups in total. The SMILES string of the molecule is CCS(=O)(=O)CC(=O)Nc1cc(N)ccc1Cl. The summed E-state index contributed by atoms with van der Waals surface area (Å²) in [4.78, 5) is 11.5. The minimum Gasteiger partial charge on any atom is -0.399 e. The summed E-state index contributed by atoms with van der Waals surface area (Å²) in [7, 11) is -3.35. The highest BCUT2D eigenvalue weighted by Gasteiger charge is 2.15. The molecule has 0 saturated heterocycles. The van der Waals surface area contributed by atoms with E-state index in [1.165, 1.54) is 19.1 Å². The van der Waals surface area contributed by atoms with Gasteiger partial charge in [0.25, 0.3) is 0 Å². The maximum atomic E-state index is 11.5. The molecule has 1 aromatic carbocycles. The predicted molar refractivity (Wildman–Crippen MR) is 68.8 cm³/mol. The van der Waals surface area contributed by atoms with Gasteiger partial charge in [0.2, 0.25) is 5.91 Å². The number of nitrogens with two attached hydrogens (primary N) is 1. The van der Waals surface area contributed by atoms with E-state index in [9.17, 15) is 13.2 Å². The van der Waals surface area contributed by atoms with Crippen molar-refractivity contribution in [2.45, 2.75) is 6.92 Å². The van der Waals surface area contributed by atoms with Crippen LogP contribution >= 0.6 is 11.6 Å². The van der Waals surface area contributed by atoms with Crippen molar-refractivity contribution in [1.82, 2.24) is 0 Å². The lowest BCUT2D eigenvalue weighted by Gasteiger charge is -2.07. The molecule has 0 aliphatic carbocycles. The van der Waals surface area contributed by atoms with E-state index in [1.54, 1.807) is 6.07 Å². The summed E-state index contributed by atoms with van der Waals surface area (Å²) in [5, 5.41) is 2.72. The van der Waals surface area contributed by atoms with E-state index >= 15 is 0 Å². The van der Waals surface area contributed by atoms with Gasteiger partial charge in [-0.25, -0.2) is 8.42 Å². The molecule has 1 amide bonds. The Balaban J connectivity index is 2.78. The Bertz CT molecular complexity index is 528. The molecular formula is C10H13ClN2O3S. The van der Waals surface area contributed by atoms with Crippen LogP contribution < -0.4 is 11.1 Å². The molecule has 0 aromatic heterocycles. The molecule has 0 unspecified atom stereocenters. The molecule has 0 aliphatic rings. The molecule has 5 nitrogen and oxygen atoms in total. The Kier molecular flexibility index (Phi) is 4.36. The van der Waals surface area contributed by atoms with Crippen molar-refractivity contribution in [1.29, 1.82) is 0 Å². The van der Waals surface area contributed by atoms with Gasteiger partial charge in [0.1, 0.15) is 5.75 Å². The highest BCUT2D eigenvalue weighted by atomic mass is 35.5. The van der Waals surface area contributed by atoms with Crippen LogP contribution in [0.15, 0.2) is 18.2 Å². The van der Waals surface area contributed by atoms with Gasteiger partial charge in [-0.15, -0.1) is 0 Å². The number of amides is 1. The third kappa shape index (κ3) is 4.24. The van der Waals surface area contributed by atoms with E-state index in [0.29, 0.717) is 16.4 Å². The zero-order chi connectivity index (χ0) is 13.1. The zero-order valence-electron chi connectivity index (χ0n) is 9.23. The van der Waals surface area contributed by atoms with Crippen LogP contribution in [0.4, 0.5) is 11.4 Å². The lowest BCUT2D eigenvalue weighted by Crippen LogP contribution is -2.24. The first-order valence-corrected chi connectivity index (χ1v) is 7.09. The number of benzene rings is 1. The van der Waals surface area contributed by atoms with Gasteiger partial charge < -0.3 is 11.1 Å². The molecule has 0 bridgehead atoms. The summed E-state index contributed by atoms with van der Waals surface area (Å²) in [5.41, 5.74) is 6.27. The van der Waals surface area contributed by atoms with Crippen LogP contribution in [-0.4, -0.2) is 25.8 Å². The lowest BCUT2D eigenvalue weighted by atomic mass is 10.3. The van der Waals surface area contributed by atoms with Crippen LogP contribution in [0.3, 0.4) is 0 Å². The third-order valence-electron chi connectivity index (χ3n) is 2.06. The fraction of sp³-hybridized carbons (Fsp3) is 0.300. The largest absolute Gasteiger partial charge is 0.399 e. The van der Waals surface area contributed by atoms with Crippen LogP contribution in [0.25, 0.3) is 0 Å². The van der Waals surface area contributed by atoms with Gasteiger partial charge in [-0.3, -0.25) is 4.79 Å². The van der Waals surface area contributed by atoms with E-state index < -0.39 is 21.5 Å². The topological polar surface area (TPSA) is 89.3 Å². The van der Waals surface area contributed by atoms with E-state index in [2.05, 4.69) is 5.32 Å². The van der Waals surface area contributed by atoms with Crippen molar-refractivity contribution < 1.29 is 13.2 Å². The fourth-order valence-electron chi connectivity index (χ4n) is 1.13. The standard InChI is InChI=1S/C10H13ClN2O3S/c1-2-17(15,16)6-10(14)13-9-5-7(12)3-4-8(9)11/h3-5H,2,6,12H2,1H3,(H,13,14). The van der Waals surface area contributed by atoms with Gasteiger partial charge in [0.05, 0.1) is 10.7 Å². The maximum Gasteiger partial charge on any atom is 0.239 e. The third-order valence-corrected chi connectivity index (χ3v) is 3.97. The summed E-state index contributed by atoms with van der Waals surface area (Å²) in [6.45, 7) is 1.48. The van der Waals surface area contributed by atoms with Crippen LogP contribution in [0.5, 0.6) is 0 Å². The van der Waals surface area contributed by atoms with Crippen molar-refractivity contribution >= 4 is 38.7 Å². The van der Waals surface area contributed by atoms with Crippen molar-refractivity contribution in [2.75, 3.05) is 22.6 Å². The Hall–Kier alpha value is -1.27. The van der Waals surface area contributed by atoms with E-state index in [0.717, 1.165) is 0 Å². The number of nitrogen functional groups attached to an aromatic ring is 1. The van der Waals surface area contributed by atoms with E-state index in [-0.39, 0.29) is 5.75 Å². The number of halogens is 1. The second kappa shape index (κ2) is 5.37. The van der Waals surface area contributed by atoms with Gasteiger partial charge in [0, 0.05) is 11.4 Å². The molecule has 0 saturated carbocycles. The number of rotatable bonds is 4. The maximum absolute atomic E-state index is 11.5. The fourth-order valence-corrected chi connectivity index (χ4v) is 1.97. The molecule has 0 atom stereocenters. The first-order chi connectivity index (χ1) is 7.84. The number of carbonyl (C=O) groups is 1. The minimum absolute atomic E-state index is 0.0783. The summed E-state index contributed by atoms with van der Waals surface area (Å²) in [6, 6.07) is 4.58. The average molecular weight is 277 g/mol. The summed E-state index contributed by atoms with van der Waals surface area (Å²) in [5.74, 6) is -1.26. The van der Waals surface area contributed by atoms with E-state index in [4.69, 9.17) is 17.3 Å². The first-order valence-electron chi connectivity index (χ1n) is 4.89. The van der Waals surface area contributed by atoms with Crippen molar-refractivity contribution in [3.63, 3.8) is 0 Å². The number of sulfone groups is 1. The monoisotopic (exact) mass is 276 g/mol. The molecule has 0 radical (unpaired) electrons. The van der Waals surface area contributed by atoms with Crippen LogP contribution in [0, 0.1) is 0 Å². The number of hydrogen-bond acceptors (Lipinski definition) is 4. The highest BCUT2D eigenvalue weighted by molar-refractivity contribution is 7.92. The van der Waals surface area contributed by atoms with Crippen LogP contribution in [-0.2, 0) is 14.6 Å². The van der Waals surface area contributed by atoms with E-state index in [1.807, 2.05) is 0 Å². The minimum atomic E-state index is -3.35. The Morgan fingerprint density at radius 2 is 2.12 bits per heavy atom. The van der Waals surface area contributed by atoms with Crippen molar-refractivity contribution in [3.05, 3.63) is 23.2 Å².